The van der Waals surface area contributed by atoms with Gasteiger partial charge in [0, 0.05) is 19.1 Å². The smallest absolute Gasteiger partial charge is 0.317 e. The molecule has 114 valence electrons. The number of carbonyl (C=O) groups is 2. The van der Waals surface area contributed by atoms with Gasteiger partial charge in [0.1, 0.15) is 0 Å². The molecule has 0 bridgehead atoms. The number of amides is 2. The number of hydrogen-bond donors (Lipinski definition) is 2. The number of fused-ring (bicyclic) bond motifs is 1. The molecule has 1 aliphatic rings. The molecule has 0 aliphatic carbocycles. The van der Waals surface area contributed by atoms with E-state index in [2.05, 4.69) is 17.4 Å². The summed E-state index contributed by atoms with van der Waals surface area (Å²) in [6.45, 7) is 4.66. The molecule has 2 rings (SSSR count). The minimum atomic E-state index is -0.897. The van der Waals surface area contributed by atoms with Gasteiger partial charge in [0.05, 0.1) is 5.92 Å². The van der Waals surface area contributed by atoms with Gasteiger partial charge in [-0.2, -0.15) is 0 Å². The fourth-order valence-electron chi connectivity index (χ4n) is 2.50. The second-order valence-electron chi connectivity index (χ2n) is 5.62. The first-order valence-electron chi connectivity index (χ1n) is 7.34. The van der Waals surface area contributed by atoms with Gasteiger partial charge in [-0.3, -0.25) is 4.79 Å². The molecule has 0 radical (unpaired) electrons. The first-order valence-corrected chi connectivity index (χ1v) is 7.34. The summed E-state index contributed by atoms with van der Waals surface area (Å²) < 4.78 is 0. The molecular formula is C16H22N2O3. The number of carboxylic acid groups (broad SMARTS) is 1. The molecule has 1 aromatic rings. The van der Waals surface area contributed by atoms with Gasteiger partial charge in [-0.05, 0) is 37.8 Å². The monoisotopic (exact) mass is 290 g/mol. The zero-order valence-corrected chi connectivity index (χ0v) is 12.5. The van der Waals surface area contributed by atoms with Crippen molar-refractivity contribution in [1.82, 2.24) is 10.2 Å². The van der Waals surface area contributed by atoms with E-state index in [1.54, 1.807) is 18.7 Å². The summed E-state index contributed by atoms with van der Waals surface area (Å²) in [4.78, 5) is 25.0. The number of urea groups is 1. The summed E-state index contributed by atoms with van der Waals surface area (Å²) in [5.74, 6) is -1.50. The molecule has 1 aliphatic heterocycles. The highest BCUT2D eigenvalue weighted by Gasteiger charge is 2.24. The molecule has 1 aromatic carbocycles. The van der Waals surface area contributed by atoms with E-state index in [0.29, 0.717) is 13.1 Å². The van der Waals surface area contributed by atoms with Crippen LogP contribution in [-0.4, -0.2) is 41.1 Å². The predicted octanol–water partition coefficient (Wildman–Crippen LogP) is 1.91. The summed E-state index contributed by atoms with van der Waals surface area (Å²) in [5, 5.41) is 11.8. The molecule has 0 spiro atoms. The minimum absolute atomic E-state index is 0.177. The van der Waals surface area contributed by atoms with Crippen LogP contribution in [0.15, 0.2) is 24.3 Å². The maximum Gasteiger partial charge on any atom is 0.317 e. The molecule has 1 heterocycles. The molecule has 0 aromatic heterocycles. The summed E-state index contributed by atoms with van der Waals surface area (Å²) in [7, 11) is 0. The lowest BCUT2D eigenvalue weighted by molar-refractivity contribution is -0.141. The SMILES string of the molecule is CC(NC(=O)N1CCc2ccccc2CC1)C(C)C(=O)O. The Kier molecular flexibility index (Phi) is 4.83. The molecule has 2 N–H and O–H groups in total. The van der Waals surface area contributed by atoms with Crippen molar-refractivity contribution in [3.05, 3.63) is 35.4 Å². The van der Waals surface area contributed by atoms with Crippen molar-refractivity contribution in [2.75, 3.05) is 13.1 Å². The normalized spacial score (nSPS) is 17.3. The summed E-state index contributed by atoms with van der Waals surface area (Å²) in [6, 6.07) is 7.68. The molecule has 0 saturated carbocycles. The third kappa shape index (κ3) is 3.74. The highest BCUT2D eigenvalue weighted by atomic mass is 16.4. The molecule has 2 amide bonds. The topological polar surface area (TPSA) is 69.6 Å². The van der Waals surface area contributed by atoms with Crippen LogP contribution in [0.1, 0.15) is 25.0 Å². The summed E-state index contributed by atoms with van der Waals surface area (Å²) >= 11 is 0. The molecule has 5 nitrogen and oxygen atoms in total. The zero-order chi connectivity index (χ0) is 15.4. The third-order valence-corrected chi connectivity index (χ3v) is 4.20. The molecular weight excluding hydrogens is 268 g/mol. The van der Waals surface area contributed by atoms with E-state index >= 15 is 0 Å². The van der Waals surface area contributed by atoms with E-state index in [1.807, 2.05) is 12.1 Å². The van der Waals surface area contributed by atoms with Crippen molar-refractivity contribution in [2.24, 2.45) is 5.92 Å². The Labute approximate surface area is 125 Å². The van der Waals surface area contributed by atoms with E-state index in [0.717, 1.165) is 12.8 Å². The van der Waals surface area contributed by atoms with Crippen LogP contribution in [0.25, 0.3) is 0 Å². The molecule has 2 atom stereocenters. The van der Waals surface area contributed by atoms with Crippen LogP contribution >= 0.6 is 0 Å². The number of benzene rings is 1. The Bertz CT molecular complexity index is 503. The minimum Gasteiger partial charge on any atom is -0.481 e. The van der Waals surface area contributed by atoms with Crippen LogP contribution in [0.4, 0.5) is 4.79 Å². The lowest BCUT2D eigenvalue weighted by Gasteiger charge is -2.25. The maximum atomic E-state index is 12.3. The standard InChI is InChI=1S/C16H22N2O3/c1-11(15(19)20)12(2)17-16(21)18-9-7-13-5-3-4-6-14(13)8-10-18/h3-6,11-12H,7-10H2,1-2H3,(H,17,21)(H,19,20). The van der Waals surface area contributed by atoms with Crippen molar-refractivity contribution in [1.29, 1.82) is 0 Å². The van der Waals surface area contributed by atoms with Gasteiger partial charge in [0.15, 0.2) is 0 Å². The van der Waals surface area contributed by atoms with E-state index < -0.39 is 11.9 Å². The molecule has 2 unspecified atom stereocenters. The van der Waals surface area contributed by atoms with Crippen molar-refractivity contribution >= 4 is 12.0 Å². The largest absolute Gasteiger partial charge is 0.481 e. The van der Waals surface area contributed by atoms with E-state index in [9.17, 15) is 9.59 Å². The fourth-order valence-corrected chi connectivity index (χ4v) is 2.50. The number of aliphatic carboxylic acids is 1. The average molecular weight is 290 g/mol. The highest BCUT2D eigenvalue weighted by Crippen LogP contribution is 2.15. The van der Waals surface area contributed by atoms with Gasteiger partial charge in [-0.15, -0.1) is 0 Å². The predicted molar refractivity (Wildman–Crippen MR) is 80.2 cm³/mol. The quantitative estimate of drug-likeness (QED) is 0.893. The van der Waals surface area contributed by atoms with Crippen molar-refractivity contribution in [3.8, 4) is 0 Å². The Balaban J connectivity index is 1.94. The van der Waals surface area contributed by atoms with Crippen LogP contribution in [-0.2, 0) is 17.6 Å². The Hall–Kier alpha value is -2.04. The van der Waals surface area contributed by atoms with Crippen molar-refractivity contribution in [2.45, 2.75) is 32.7 Å². The number of nitrogens with zero attached hydrogens (tertiary/aromatic N) is 1. The average Bonchev–Trinajstić information content (AvgIpc) is 2.68. The van der Waals surface area contributed by atoms with Crippen molar-refractivity contribution in [3.63, 3.8) is 0 Å². The number of carbonyl (C=O) groups excluding carboxylic acids is 1. The number of rotatable bonds is 3. The third-order valence-electron chi connectivity index (χ3n) is 4.20. The van der Waals surface area contributed by atoms with Gasteiger partial charge in [-0.25, -0.2) is 4.79 Å². The second-order valence-corrected chi connectivity index (χ2v) is 5.62. The Morgan fingerprint density at radius 1 is 1.14 bits per heavy atom. The lowest BCUT2D eigenvalue weighted by atomic mass is 10.0. The van der Waals surface area contributed by atoms with Crippen LogP contribution in [0.5, 0.6) is 0 Å². The first kappa shape index (κ1) is 15.4. The first-order chi connectivity index (χ1) is 9.99. The molecule has 0 saturated heterocycles. The lowest BCUT2D eigenvalue weighted by Crippen LogP contribution is -2.48. The van der Waals surface area contributed by atoms with Crippen LogP contribution < -0.4 is 5.32 Å². The van der Waals surface area contributed by atoms with Gasteiger partial charge < -0.3 is 15.3 Å². The summed E-state index contributed by atoms with van der Waals surface area (Å²) in [5.41, 5.74) is 2.58. The molecule has 5 heteroatoms. The molecule has 0 fully saturated rings. The van der Waals surface area contributed by atoms with E-state index in [4.69, 9.17) is 5.11 Å². The molecule has 21 heavy (non-hydrogen) atoms. The van der Waals surface area contributed by atoms with Gasteiger partial charge in [0.2, 0.25) is 0 Å². The number of carboxylic acids is 1. The highest BCUT2D eigenvalue weighted by molar-refractivity contribution is 5.76. The fraction of sp³-hybridized carbons (Fsp3) is 0.500. The van der Waals surface area contributed by atoms with E-state index in [-0.39, 0.29) is 12.1 Å². The van der Waals surface area contributed by atoms with Gasteiger partial charge in [0.25, 0.3) is 0 Å². The second kappa shape index (κ2) is 6.61. The Morgan fingerprint density at radius 3 is 2.14 bits per heavy atom. The van der Waals surface area contributed by atoms with Crippen LogP contribution in [0.3, 0.4) is 0 Å². The number of hydrogen-bond acceptors (Lipinski definition) is 2. The van der Waals surface area contributed by atoms with Crippen LogP contribution in [0, 0.1) is 5.92 Å². The maximum absolute atomic E-state index is 12.3. The Morgan fingerprint density at radius 2 is 1.67 bits per heavy atom. The van der Waals surface area contributed by atoms with Crippen LogP contribution in [0.2, 0.25) is 0 Å². The van der Waals surface area contributed by atoms with E-state index in [1.165, 1.54) is 11.1 Å². The zero-order valence-electron chi connectivity index (χ0n) is 12.5. The number of nitrogens with one attached hydrogen (secondary N) is 1. The van der Waals surface area contributed by atoms with Gasteiger partial charge >= 0.3 is 12.0 Å². The van der Waals surface area contributed by atoms with Gasteiger partial charge in [-0.1, -0.05) is 24.3 Å². The van der Waals surface area contributed by atoms with Crippen molar-refractivity contribution < 1.29 is 14.7 Å². The summed E-state index contributed by atoms with van der Waals surface area (Å²) in [6.07, 6.45) is 1.68.